The quantitative estimate of drug-likeness (QED) is 0.721. The second-order valence-electron chi connectivity index (χ2n) is 6.63. The van der Waals surface area contributed by atoms with Gasteiger partial charge >= 0.3 is 5.97 Å². The van der Waals surface area contributed by atoms with Crippen LogP contribution in [0.15, 0.2) is 35.2 Å². The van der Waals surface area contributed by atoms with Crippen molar-refractivity contribution in [3.05, 3.63) is 63.7 Å². The van der Waals surface area contributed by atoms with Crippen molar-refractivity contribution in [2.75, 3.05) is 0 Å². The van der Waals surface area contributed by atoms with Gasteiger partial charge in [0.05, 0.1) is 4.90 Å². The average Bonchev–Trinajstić information content (AvgIpc) is 2.52. The van der Waals surface area contributed by atoms with Crippen molar-refractivity contribution in [2.45, 2.75) is 38.6 Å². The third kappa shape index (κ3) is 4.72. The number of hydrogen-bond donors (Lipinski definition) is 3. The first-order chi connectivity index (χ1) is 12.4. The van der Waals surface area contributed by atoms with E-state index in [-0.39, 0.29) is 10.5 Å². The van der Waals surface area contributed by atoms with E-state index in [0.29, 0.717) is 16.7 Å². The number of aliphatic carboxylic acids is 1. The number of hydrogen-bond acceptors (Lipinski definition) is 4. The number of benzene rings is 2. The van der Waals surface area contributed by atoms with Crippen molar-refractivity contribution in [3.63, 3.8) is 0 Å². The highest BCUT2D eigenvalue weighted by molar-refractivity contribution is 7.89. The smallest absolute Gasteiger partial charge is 0.330 e. The molecule has 0 fully saturated rings. The Morgan fingerprint density at radius 3 is 2.04 bits per heavy atom. The van der Waals surface area contributed by atoms with Crippen molar-refractivity contribution in [1.82, 2.24) is 5.32 Å². The molecule has 1 atom stereocenters. The number of carboxylic acids is 1. The van der Waals surface area contributed by atoms with Gasteiger partial charge in [0.2, 0.25) is 10.0 Å². The van der Waals surface area contributed by atoms with Gasteiger partial charge in [0.1, 0.15) is 0 Å². The molecule has 0 bridgehead atoms. The topological polar surface area (TPSA) is 127 Å². The molecule has 2 rings (SSSR count). The Hall–Kier alpha value is -2.71. The summed E-state index contributed by atoms with van der Waals surface area (Å²) in [6.07, 6.45) is 0. The zero-order chi connectivity index (χ0) is 20.5. The lowest BCUT2D eigenvalue weighted by atomic mass is 10.0. The number of carboxylic acid groups (broad SMARTS) is 1. The number of aryl methyl sites for hydroxylation is 3. The number of primary sulfonamides is 1. The molecule has 7 nitrogen and oxygen atoms in total. The molecule has 8 heteroatoms. The van der Waals surface area contributed by atoms with Crippen molar-refractivity contribution in [1.29, 1.82) is 0 Å². The number of sulfonamides is 1. The van der Waals surface area contributed by atoms with Crippen molar-refractivity contribution < 1.29 is 23.1 Å². The average molecular weight is 390 g/mol. The summed E-state index contributed by atoms with van der Waals surface area (Å²) in [5, 5.41) is 17.2. The normalized spacial score (nSPS) is 12.5. The molecule has 0 aliphatic heterocycles. The highest BCUT2D eigenvalue weighted by atomic mass is 32.2. The first-order valence-corrected chi connectivity index (χ1v) is 9.70. The van der Waals surface area contributed by atoms with Crippen LogP contribution in [-0.2, 0) is 14.8 Å². The fourth-order valence-electron chi connectivity index (χ4n) is 2.93. The van der Waals surface area contributed by atoms with E-state index in [4.69, 9.17) is 5.14 Å². The number of nitrogens with two attached hydrogens (primary N) is 1. The molecular formula is C19H22N2O5S. The molecule has 0 heterocycles. The largest absolute Gasteiger partial charge is 0.479 e. The highest BCUT2D eigenvalue weighted by Crippen LogP contribution is 2.22. The summed E-state index contributed by atoms with van der Waals surface area (Å²) in [6.45, 7) is 6.91. The lowest BCUT2D eigenvalue weighted by Gasteiger charge is -2.17. The summed E-state index contributed by atoms with van der Waals surface area (Å²) < 4.78 is 23.5. The van der Waals surface area contributed by atoms with Crippen LogP contribution in [0.5, 0.6) is 0 Å². The molecule has 0 aromatic heterocycles. The Kier molecular flexibility index (Phi) is 5.72. The number of rotatable bonds is 5. The molecule has 27 heavy (non-hydrogen) atoms. The van der Waals surface area contributed by atoms with Gasteiger partial charge in [0.25, 0.3) is 5.91 Å². The lowest BCUT2D eigenvalue weighted by Crippen LogP contribution is -2.34. The summed E-state index contributed by atoms with van der Waals surface area (Å²) in [7, 11) is -4.02. The minimum absolute atomic E-state index is 0.0257. The predicted octanol–water partition coefficient (Wildman–Crippen LogP) is 2.12. The van der Waals surface area contributed by atoms with Gasteiger partial charge in [-0.2, -0.15) is 0 Å². The minimum atomic E-state index is -4.02. The van der Waals surface area contributed by atoms with Crippen molar-refractivity contribution in [2.24, 2.45) is 5.14 Å². The summed E-state index contributed by atoms with van der Waals surface area (Å²) in [4.78, 5) is 24.2. The van der Waals surface area contributed by atoms with Crippen LogP contribution in [0.4, 0.5) is 0 Å². The van der Waals surface area contributed by atoms with Crippen LogP contribution in [0.25, 0.3) is 0 Å². The molecule has 2 aromatic rings. The molecule has 0 aliphatic carbocycles. The second kappa shape index (κ2) is 7.50. The van der Waals surface area contributed by atoms with E-state index in [1.54, 1.807) is 26.0 Å². The van der Waals surface area contributed by atoms with Crippen LogP contribution in [0, 0.1) is 27.7 Å². The molecule has 1 amide bonds. The molecule has 0 saturated heterocycles. The van der Waals surface area contributed by atoms with Gasteiger partial charge in [-0.25, -0.2) is 18.4 Å². The van der Waals surface area contributed by atoms with Crippen LogP contribution in [0.2, 0.25) is 0 Å². The van der Waals surface area contributed by atoms with Gasteiger partial charge in [-0.3, -0.25) is 4.79 Å². The number of amides is 1. The van der Waals surface area contributed by atoms with E-state index in [9.17, 15) is 23.1 Å². The molecule has 0 aliphatic rings. The summed E-state index contributed by atoms with van der Waals surface area (Å²) in [5.41, 5.74) is 3.20. The second-order valence-corrected chi connectivity index (χ2v) is 8.16. The zero-order valence-electron chi connectivity index (χ0n) is 15.5. The first kappa shape index (κ1) is 20.6. The van der Waals surface area contributed by atoms with E-state index >= 15 is 0 Å². The maximum Gasteiger partial charge on any atom is 0.330 e. The van der Waals surface area contributed by atoms with Gasteiger partial charge in [-0.1, -0.05) is 29.3 Å². The van der Waals surface area contributed by atoms with Crippen LogP contribution >= 0.6 is 0 Å². The van der Waals surface area contributed by atoms with Crippen LogP contribution in [0.3, 0.4) is 0 Å². The molecular weight excluding hydrogens is 368 g/mol. The first-order valence-electron chi connectivity index (χ1n) is 8.16. The number of carbonyl (C=O) groups excluding carboxylic acids is 1. The summed E-state index contributed by atoms with van der Waals surface area (Å²) in [6, 6.07) is 6.65. The Morgan fingerprint density at radius 2 is 1.56 bits per heavy atom. The molecule has 4 N–H and O–H groups in total. The maximum atomic E-state index is 12.6. The van der Waals surface area contributed by atoms with E-state index in [1.165, 1.54) is 6.07 Å². The van der Waals surface area contributed by atoms with Gasteiger partial charge < -0.3 is 10.4 Å². The maximum absolute atomic E-state index is 12.6. The van der Waals surface area contributed by atoms with Gasteiger partial charge in [0.15, 0.2) is 6.04 Å². The fourth-order valence-corrected chi connectivity index (χ4v) is 3.81. The van der Waals surface area contributed by atoms with E-state index in [1.807, 2.05) is 19.9 Å². The Bertz CT molecular complexity index is 1010. The third-order valence-corrected chi connectivity index (χ3v) is 5.33. The van der Waals surface area contributed by atoms with E-state index < -0.39 is 27.9 Å². The molecule has 0 saturated carbocycles. The molecule has 0 spiro atoms. The zero-order valence-corrected chi connectivity index (χ0v) is 16.3. The summed E-state index contributed by atoms with van der Waals surface area (Å²) >= 11 is 0. The number of carbonyl (C=O) groups is 2. The van der Waals surface area contributed by atoms with Gasteiger partial charge in [-0.15, -0.1) is 0 Å². The van der Waals surface area contributed by atoms with Crippen molar-refractivity contribution in [3.8, 4) is 0 Å². The Morgan fingerprint density at radius 1 is 1.00 bits per heavy atom. The van der Waals surface area contributed by atoms with Gasteiger partial charge in [0, 0.05) is 5.56 Å². The van der Waals surface area contributed by atoms with E-state index in [0.717, 1.165) is 17.2 Å². The van der Waals surface area contributed by atoms with E-state index in [2.05, 4.69) is 5.32 Å². The predicted molar refractivity (Wildman–Crippen MR) is 101 cm³/mol. The van der Waals surface area contributed by atoms with Crippen LogP contribution < -0.4 is 10.5 Å². The third-order valence-electron chi connectivity index (χ3n) is 4.29. The van der Waals surface area contributed by atoms with Crippen LogP contribution in [-0.4, -0.2) is 25.4 Å². The number of nitrogens with one attached hydrogen (secondary N) is 1. The van der Waals surface area contributed by atoms with Crippen molar-refractivity contribution >= 4 is 21.9 Å². The monoisotopic (exact) mass is 390 g/mol. The molecule has 2 aromatic carbocycles. The molecule has 0 radical (unpaired) electrons. The Balaban J connectivity index is 2.45. The highest BCUT2D eigenvalue weighted by Gasteiger charge is 2.25. The lowest BCUT2D eigenvalue weighted by molar-refractivity contribution is -0.139. The standard InChI is InChI=1S/C19H22N2O5S/c1-10-5-11(2)7-14(6-10)17(19(23)24)21-18(22)15-8-12(3)13(4)16(9-15)27(20,25)26/h5-9,17H,1-4H3,(H,21,22)(H,23,24)(H2,20,25,26). The summed E-state index contributed by atoms with van der Waals surface area (Å²) in [5.74, 6) is -1.92. The Labute approximate surface area is 158 Å². The SMILES string of the molecule is Cc1cc(C)cc(C(NC(=O)c2cc(C)c(C)c(S(N)(=O)=O)c2)C(=O)O)c1. The van der Waals surface area contributed by atoms with Gasteiger partial charge in [-0.05, 0) is 56.5 Å². The molecule has 144 valence electrons. The fraction of sp³-hybridized carbons (Fsp3) is 0.263. The van der Waals surface area contributed by atoms with Crippen LogP contribution in [0.1, 0.15) is 44.2 Å². The minimum Gasteiger partial charge on any atom is -0.479 e. The molecule has 1 unspecified atom stereocenters.